The van der Waals surface area contributed by atoms with Crippen molar-refractivity contribution >= 4 is 33.1 Å². The van der Waals surface area contributed by atoms with Crippen molar-refractivity contribution in [1.29, 1.82) is 0 Å². The Bertz CT molecular complexity index is 1130. The molecule has 0 spiro atoms. The number of hydrogen-bond acceptors (Lipinski definition) is 7. The smallest absolute Gasteiger partial charge is 0.393 e. The van der Waals surface area contributed by atoms with Gasteiger partial charge in [-0.25, -0.2) is 4.98 Å². The molecule has 0 bridgehead atoms. The zero-order valence-corrected chi connectivity index (χ0v) is 19.2. The van der Waals surface area contributed by atoms with Gasteiger partial charge in [-0.15, -0.1) is 10.2 Å². The van der Waals surface area contributed by atoms with Gasteiger partial charge in [0, 0.05) is 17.1 Å². The third kappa shape index (κ3) is 4.96. The quantitative estimate of drug-likeness (QED) is 0.476. The van der Waals surface area contributed by atoms with Crippen LogP contribution in [0.3, 0.4) is 0 Å². The summed E-state index contributed by atoms with van der Waals surface area (Å²) in [6, 6.07) is 5.56. The fourth-order valence-corrected chi connectivity index (χ4v) is 4.52. The molecule has 0 amide bonds. The van der Waals surface area contributed by atoms with Crippen molar-refractivity contribution in [3.05, 3.63) is 29.3 Å². The molecule has 3 aromatic rings. The number of nitrogens with zero attached hydrogens (tertiary/aromatic N) is 3. The highest BCUT2D eigenvalue weighted by Gasteiger charge is 2.29. The molecule has 10 heteroatoms. The van der Waals surface area contributed by atoms with Crippen molar-refractivity contribution in [2.24, 2.45) is 0 Å². The number of anilines is 2. The molecule has 4 rings (SSSR count). The molecule has 1 aliphatic rings. The highest BCUT2D eigenvalue weighted by Crippen LogP contribution is 2.37. The van der Waals surface area contributed by atoms with Crippen LogP contribution in [0.2, 0.25) is 0 Å². The lowest BCUT2D eigenvalue weighted by Crippen LogP contribution is -2.38. The third-order valence-electron chi connectivity index (χ3n) is 5.51. The lowest BCUT2D eigenvalue weighted by atomic mass is 9.84. The number of halogens is 3. The SMILES string of the molecule is Cc1cc(-c2nnc(NC3CC(O)C3)s2)nc2c(C(C)(C)C)cc(NCC(F)(F)F)cc12. The number of aliphatic hydroxyl groups excluding tert-OH is 1. The molecule has 0 aliphatic heterocycles. The Morgan fingerprint density at radius 2 is 1.84 bits per heavy atom. The molecule has 1 fully saturated rings. The predicted molar refractivity (Wildman–Crippen MR) is 121 cm³/mol. The Labute approximate surface area is 188 Å². The maximum absolute atomic E-state index is 12.7. The van der Waals surface area contributed by atoms with Crippen molar-refractivity contribution in [3.8, 4) is 10.7 Å². The fourth-order valence-electron chi connectivity index (χ4n) is 3.74. The van der Waals surface area contributed by atoms with E-state index in [-0.39, 0.29) is 17.6 Å². The molecule has 2 heterocycles. The van der Waals surface area contributed by atoms with Crippen LogP contribution in [0.5, 0.6) is 0 Å². The summed E-state index contributed by atoms with van der Waals surface area (Å²) in [5.41, 5.74) is 3.27. The van der Waals surface area contributed by atoms with E-state index in [2.05, 4.69) is 20.8 Å². The van der Waals surface area contributed by atoms with E-state index < -0.39 is 12.7 Å². The molecular formula is C22H26F3N5OS. The van der Waals surface area contributed by atoms with Crippen LogP contribution in [0.4, 0.5) is 24.0 Å². The average Bonchev–Trinajstić information content (AvgIpc) is 3.12. The number of nitrogens with one attached hydrogen (secondary N) is 2. The summed E-state index contributed by atoms with van der Waals surface area (Å²) >= 11 is 1.39. The minimum atomic E-state index is -4.30. The van der Waals surface area contributed by atoms with Crippen molar-refractivity contribution in [3.63, 3.8) is 0 Å². The normalized spacial score (nSPS) is 19.1. The van der Waals surface area contributed by atoms with E-state index in [9.17, 15) is 18.3 Å². The van der Waals surface area contributed by atoms with Crippen LogP contribution in [0.25, 0.3) is 21.6 Å². The molecule has 1 saturated carbocycles. The first kappa shape index (κ1) is 22.7. The van der Waals surface area contributed by atoms with E-state index in [1.807, 2.05) is 33.8 Å². The highest BCUT2D eigenvalue weighted by molar-refractivity contribution is 7.18. The molecule has 0 atom stereocenters. The molecule has 172 valence electrons. The van der Waals surface area contributed by atoms with Gasteiger partial charge in [0.15, 0.2) is 5.01 Å². The van der Waals surface area contributed by atoms with Gasteiger partial charge in [-0.2, -0.15) is 13.2 Å². The van der Waals surface area contributed by atoms with Crippen LogP contribution >= 0.6 is 11.3 Å². The van der Waals surface area contributed by atoms with Gasteiger partial charge >= 0.3 is 6.18 Å². The Morgan fingerprint density at radius 1 is 1.12 bits per heavy atom. The largest absolute Gasteiger partial charge is 0.405 e. The molecule has 3 N–H and O–H groups in total. The van der Waals surface area contributed by atoms with Gasteiger partial charge in [-0.1, -0.05) is 32.1 Å². The minimum Gasteiger partial charge on any atom is -0.393 e. The second-order valence-corrected chi connectivity index (χ2v) is 10.3. The van der Waals surface area contributed by atoms with Gasteiger partial charge in [0.05, 0.1) is 11.6 Å². The Kier molecular flexibility index (Phi) is 5.79. The van der Waals surface area contributed by atoms with Gasteiger partial charge in [-0.05, 0) is 54.5 Å². The number of alkyl halides is 3. The van der Waals surface area contributed by atoms with Crippen LogP contribution in [0.15, 0.2) is 18.2 Å². The maximum atomic E-state index is 12.7. The van der Waals surface area contributed by atoms with Gasteiger partial charge < -0.3 is 15.7 Å². The number of pyridine rings is 1. The first-order chi connectivity index (χ1) is 14.9. The summed E-state index contributed by atoms with van der Waals surface area (Å²) < 4.78 is 38.2. The van der Waals surface area contributed by atoms with Crippen LogP contribution in [-0.2, 0) is 5.41 Å². The lowest BCUT2D eigenvalue weighted by Gasteiger charge is -2.31. The van der Waals surface area contributed by atoms with Gasteiger partial charge in [0.1, 0.15) is 12.2 Å². The Morgan fingerprint density at radius 3 is 2.47 bits per heavy atom. The van der Waals surface area contributed by atoms with Gasteiger partial charge in [-0.3, -0.25) is 0 Å². The first-order valence-electron chi connectivity index (χ1n) is 10.4. The summed E-state index contributed by atoms with van der Waals surface area (Å²) in [5.74, 6) is 0. The van der Waals surface area contributed by atoms with Gasteiger partial charge in [0.2, 0.25) is 5.13 Å². The Hall–Kier alpha value is -2.46. The number of benzene rings is 1. The van der Waals surface area contributed by atoms with E-state index in [0.717, 1.165) is 22.0 Å². The van der Waals surface area contributed by atoms with Crippen LogP contribution in [-0.4, -0.2) is 45.2 Å². The molecule has 0 radical (unpaired) electrons. The summed E-state index contributed by atoms with van der Waals surface area (Å²) in [6.45, 7) is 6.87. The molecule has 1 aliphatic carbocycles. The molecule has 32 heavy (non-hydrogen) atoms. The van der Waals surface area contributed by atoms with Crippen LogP contribution < -0.4 is 10.6 Å². The Balaban J connectivity index is 1.71. The second-order valence-electron chi connectivity index (χ2n) is 9.34. The van der Waals surface area contributed by atoms with E-state index in [1.54, 1.807) is 12.1 Å². The highest BCUT2D eigenvalue weighted by atomic mass is 32.1. The predicted octanol–water partition coefficient (Wildman–Crippen LogP) is 5.27. The van der Waals surface area contributed by atoms with E-state index >= 15 is 0 Å². The van der Waals surface area contributed by atoms with Crippen molar-refractivity contribution in [2.45, 2.75) is 64.3 Å². The van der Waals surface area contributed by atoms with Gasteiger partial charge in [0.25, 0.3) is 0 Å². The number of rotatable bonds is 5. The zero-order valence-electron chi connectivity index (χ0n) is 18.3. The summed E-state index contributed by atoms with van der Waals surface area (Å²) in [4.78, 5) is 4.85. The monoisotopic (exact) mass is 465 g/mol. The average molecular weight is 466 g/mol. The number of aromatic nitrogens is 3. The molecule has 0 saturated heterocycles. The van der Waals surface area contributed by atoms with E-state index in [1.165, 1.54) is 11.3 Å². The van der Waals surface area contributed by atoms with Crippen molar-refractivity contribution in [2.75, 3.05) is 17.2 Å². The van der Waals surface area contributed by atoms with E-state index in [0.29, 0.717) is 34.4 Å². The number of hydrogen-bond donors (Lipinski definition) is 3. The maximum Gasteiger partial charge on any atom is 0.405 e. The number of fused-ring (bicyclic) bond motifs is 1. The summed E-state index contributed by atoms with van der Waals surface area (Å²) in [6.07, 6.45) is -3.16. The molecule has 6 nitrogen and oxygen atoms in total. The number of aliphatic hydroxyl groups is 1. The first-order valence-corrected chi connectivity index (χ1v) is 11.3. The van der Waals surface area contributed by atoms with Crippen molar-refractivity contribution < 1.29 is 18.3 Å². The molecule has 1 aromatic carbocycles. The molecular weight excluding hydrogens is 439 g/mol. The number of aryl methyl sites for hydroxylation is 1. The molecule has 0 unspecified atom stereocenters. The lowest BCUT2D eigenvalue weighted by molar-refractivity contribution is -0.115. The van der Waals surface area contributed by atoms with Crippen LogP contribution in [0.1, 0.15) is 44.7 Å². The third-order valence-corrected chi connectivity index (χ3v) is 6.38. The van der Waals surface area contributed by atoms with E-state index in [4.69, 9.17) is 4.98 Å². The fraction of sp³-hybridized carbons (Fsp3) is 0.500. The molecule has 2 aromatic heterocycles. The summed E-state index contributed by atoms with van der Waals surface area (Å²) in [7, 11) is 0. The standard InChI is InChI=1S/C22H26F3N5OS/c1-11-5-17(19-29-30-20(32-19)27-13-6-14(31)7-13)28-18-15(11)8-12(26-10-22(23,24)25)9-16(18)21(2,3)4/h5,8-9,13-14,26,31H,6-7,10H2,1-4H3,(H,27,30). The van der Waals surface area contributed by atoms with Crippen molar-refractivity contribution in [1.82, 2.24) is 15.2 Å². The zero-order chi connectivity index (χ0) is 23.3. The second kappa shape index (κ2) is 8.15. The van der Waals surface area contributed by atoms with Crippen LogP contribution in [0, 0.1) is 6.92 Å². The topological polar surface area (TPSA) is 83.0 Å². The minimum absolute atomic E-state index is 0.201. The summed E-state index contributed by atoms with van der Waals surface area (Å²) in [5, 5.41) is 25.9.